The van der Waals surface area contributed by atoms with Crippen LogP contribution in [0.4, 0.5) is 15.8 Å². The van der Waals surface area contributed by atoms with Crippen LogP contribution in [0.5, 0.6) is 0 Å². The summed E-state index contributed by atoms with van der Waals surface area (Å²) < 4.78 is 14.9. The van der Waals surface area contributed by atoms with E-state index in [1.807, 2.05) is 36.5 Å². The van der Waals surface area contributed by atoms with Gasteiger partial charge in [0.15, 0.2) is 0 Å². The molecule has 4 aromatic rings. The number of nitrogens with zero attached hydrogens (tertiary/aromatic N) is 5. The Kier molecular flexibility index (Phi) is 7.71. The number of hydrogen-bond donors (Lipinski definition) is 2. The van der Waals surface area contributed by atoms with Crippen molar-refractivity contribution in [1.82, 2.24) is 25.0 Å². The molecule has 2 N–H and O–H groups in total. The van der Waals surface area contributed by atoms with E-state index >= 15 is 0 Å². The first kappa shape index (κ1) is 25.1. The first-order chi connectivity index (χ1) is 18.5. The second kappa shape index (κ2) is 11.7. The van der Waals surface area contributed by atoms with Gasteiger partial charge in [0.25, 0.3) is 5.91 Å². The SMILES string of the molecule is N#Cc1ccc(CN2CCC(NC(=O)c3ccc(Nc4cnn(Cc5ccc(F)cc5)c4)cn3)CC2)cc1. The van der Waals surface area contributed by atoms with Gasteiger partial charge in [-0.3, -0.25) is 14.4 Å². The molecule has 2 aromatic carbocycles. The lowest BCUT2D eigenvalue weighted by molar-refractivity contribution is 0.0904. The predicted octanol–water partition coefficient (Wildman–Crippen LogP) is 4.48. The van der Waals surface area contributed by atoms with Crippen LogP contribution < -0.4 is 10.6 Å². The minimum Gasteiger partial charge on any atom is -0.352 e. The monoisotopic (exact) mass is 509 g/mol. The average Bonchev–Trinajstić information content (AvgIpc) is 3.38. The zero-order chi connectivity index (χ0) is 26.3. The van der Waals surface area contributed by atoms with E-state index in [2.05, 4.69) is 31.7 Å². The molecule has 1 amide bonds. The number of carbonyl (C=O) groups is 1. The number of benzene rings is 2. The average molecular weight is 510 g/mol. The van der Waals surface area contributed by atoms with Gasteiger partial charge in [-0.15, -0.1) is 0 Å². The van der Waals surface area contributed by atoms with Crippen molar-refractivity contribution in [2.24, 2.45) is 0 Å². The van der Waals surface area contributed by atoms with Crippen molar-refractivity contribution >= 4 is 17.3 Å². The highest BCUT2D eigenvalue weighted by Gasteiger charge is 2.21. The standard InChI is InChI=1S/C29H28FN7O/c30-24-7-5-23(6-8-24)19-37-20-27(17-33-37)34-26-9-10-28(32-16-26)29(38)35-25-11-13-36(14-12-25)18-22-3-1-21(15-31)2-4-22/h1-10,16-17,20,25,34H,11-14,18-19H2,(H,35,38). The van der Waals surface area contributed by atoms with Crippen LogP contribution in [-0.2, 0) is 13.1 Å². The number of halogens is 1. The first-order valence-corrected chi connectivity index (χ1v) is 12.6. The number of rotatable bonds is 8. The summed E-state index contributed by atoms with van der Waals surface area (Å²) in [6.45, 7) is 3.17. The highest BCUT2D eigenvalue weighted by Crippen LogP contribution is 2.18. The van der Waals surface area contributed by atoms with Gasteiger partial charge < -0.3 is 10.6 Å². The van der Waals surface area contributed by atoms with E-state index in [0.29, 0.717) is 17.8 Å². The Hall–Kier alpha value is -4.55. The van der Waals surface area contributed by atoms with Crippen molar-refractivity contribution < 1.29 is 9.18 Å². The molecule has 192 valence electrons. The summed E-state index contributed by atoms with van der Waals surface area (Å²) >= 11 is 0. The first-order valence-electron chi connectivity index (χ1n) is 12.6. The molecule has 5 rings (SSSR count). The third-order valence-electron chi connectivity index (χ3n) is 6.59. The molecular weight excluding hydrogens is 481 g/mol. The number of anilines is 2. The van der Waals surface area contributed by atoms with Gasteiger partial charge in [-0.25, -0.2) is 9.37 Å². The number of carbonyl (C=O) groups excluding carboxylic acids is 1. The lowest BCUT2D eigenvalue weighted by atomic mass is 10.0. The number of hydrogen-bond acceptors (Lipinski definition) is 6. The van der Waals surface area contributed by atoms with E-state index in [9.17, 15) is 9.18 Å². The summed E-state index contributed by atoms with van der Waals surface area (Å²) in [5.41, 5.74) is 4.72. The lowest BCUT2D eigenvalue weighted by Crippen LogP contribution is -2.44. The molecule has 8 nitrogen and oxygen atoms in total. The molecule has 1 aliphatic heterocycles. The minimum absolute atomic E-state index is 0.117. The van der Waals surface area contributed by atoms with E-state index in [0.717, 1.165) is 49.4 Å². The van der Waals surface area contributed by atoms with Gasteiger partial charge >= 0.3 is 0 Å². The van der Waals surface area contributed by atoms with E-state index in [1.165, 1.54) is 17.7 Å². The Labute approximate surface area is 220 Å². The molecule has 1 saturated heterocycles. The van der Waals surface area contributed by atoms with Crippen LogP contribution in [0, 0.1) is 17.1 Å². The van der Waals surface area contributed by atoms with Gasteiger partial charge in [0.05, 0.1) is 41.9 Å². The van der Waals surface area contributed by atoms with Gasteiger partial charge in [0.1, 0.15) is 11.5 Å². The topological polar surface area (TPSA) is 98.9 Å². The molecule has 0 aliphatic carbocycles. The van der Waals surface area contributed by atoms with Crippen LogP contribution >= 0.6 is 0 Å². The van der Waals surface area contributed by atoms with Crippen molar-refractivity contribution in [3.8, 4) is 6.07 Å². The molecule has 38 heavy (non-hydrogen) atoms. The molecule has 0 bridgehead atoms. The molecule has 0 saturated carbocycles. The number of likely N-dealkylation sites (tertiary alicyclic amines) is 1. The van der Waals surface area contributed by atoms with Crippen LogP contribution in [0.15, 0.2) is 79.3 Å². The van der Waals surface area contributed by atoms with Gasteiger partial charge in [0.2, 0.25) is 0 Å². The van der Waals surface area contributed by atoms with E-state index in [-0.39, 0.29) is 17.8 Å². The van der Waals surface area contributed by atoms with Gasteiger partial charge in [-0.2, -0.15) is 10.4 Å². The van der Waals surface area contributed by atoms with Crippen molar-refractivity contribution in [2.45, 2.75) is 32.0 Å². The molecule has 0 atom stereocenters. The van der Waals surface area contributed by atoms with Gasteiger partial charge in [-0.1, -0.05) is 24.3 Å². The Morgan fingerprint density at radius 3 is 2.34 bits per heavy atom. The fourth-order valence-electron chi connectivity index (χ4n) is 4.50. The molecule has 0 spiro atoms. The number of nitrogens with one attached hydrogen (secondary N) is 2. The number of amides is 1. The number of piperidine rings is 1. The smallest absolute Gasteiger partial charge is 0.270 e. The summed E-state index contributed by atoms with van der Waals surface area (Å²) in [6, 6.07) is 19.8. The zero-order valence-corrected chi connectivity index (χ0v) is 20.8. The van der Waals surface area contributed by atoms with Crippen LogP contribution in [0.2, 0.25) is 0 Å². The van der Waals surface area contributed by atoms with Crippen molar-refractivity contribution in [1.29, 1.82) is 5.26 Å². The molecule has 0 unspecified atom stereocenters. The summed E-state index contributed by atoms with van der Waals surface area (Å²) in [5, 5.41) is 19.6. The largest absolute Gasteiger partial charge is 0.352 e. The number of pyridine rings is 1. The van der Waals surface area contributed by atoms with Crippen molar-refractivity contribution in [3.05, 3.63) is 107 Å². The summed E-state index contributed by atoms with van der Waals surface area (Å²) in [6.07, 6.45) is 6.95. The molecular formula is C29H28FN7O. The highest BCUT2D eigenvalue weighted by molar-refractivity contribution is 5.92. The van der Waals surface area contributed by atoms with E-state index in [4.69, 9.17) is 5.26 Å². The van der Waals surface area contributed by atoms with E-state index in [1.54, 1.807) is 35.3 Å². The maximum absolute atomic E-state index is 13.1. The Morgan fingerprint density at radius 2 is 1.66 bits per heavy atom. The second-order valence-corrected chi connectivity index (χ2v) is 9.44. The van der Waals surface area contributed by atoms with E-state index < -0.39 is 0 Å². The van der Waals surface area contributed by atoms with Gasteiger partial charge in [-0.05, 0) is 60.4 Å². The number of nitriles is 1. The van der Waals surface area contributed by atoms with Crippen LogP contribution in [0.25, 0.3) is 0 Å². The summed E-state index contributed by atoms with van der Waals surface area (Å²) in [4.78, 5) is 19.4. The quantitative estimate of drug-likeness (QED) is 0.364. The minimum atomic E-state index is -0.261. The Balaban J connectivity index is 1.08. The summed E-state index contributed by atoms with van der Waals surface area (Å²) in [7, 11) is 0. The van der Waals surface area contributed by atoms with Crippen LogP contribution in [0.3, 0.4) is 0 Å². The lowest BCUT2D eigenvalue weighted by Gasteiger charge is -2.32. The molecule has 0 radical (unpaired) electrons. The molecule has 9 heteroatoms. The third-order valence-corrected chi connectivity index (χ3v) is 6.59. The van der Waals surface area contributed by atoms with Crippen molar-refractivity contribution in [2.75, 3.05) is 18.4 Å². The molecule has 2 aromatic heterocycles. The predicted molar refractivity (Wildman–Crippen MR) is 142 cm³/mol. The molecule has 3 heterocycles. The van der Waals surface area contributed by atoms with Crippen molar-refractivity contribution in [3.63, 3.8) is 0 Å². The maximum Gasteiger partial charge on any atom is 0.270 e. The third kappa shape index (κ3) is 6.60. The summed E-state index contributed by atoms with van der Waals surface area (Å²) in [5.74, 6) is -0.433. The normalized spacial score (nSPS) is 14.1. The fourth-order valence-corrected chi connectivity index (χ4v) is 4.50. The number of aromatic nitrogens is 3. The molecule has 1 fully saturated rings. The Morgan fingerprint density at radius 1 is 0.947 bits per heavy atom. The fraction of sp³-hybridized carbons (Fsp3) is 0.241. The second-order valence-electron chi connectivity index (χ2n) is 9.44. The molecule has 1 aliphatic rings. The Bertz CT molecular complexity index is 1400. The maximum atomic E-state index is 13.1. The van der Waals surface area contributed by atoms with Crippen LogP contribution in [0.1, 0.15) is 40.0 Å². The zero-order valence-electron chi connectivity index (χ0n) is 20.8. The van der Waals surface area contributed by atoms with Crippen LogP contribution in [-0.4, -0.2) is 44.7 Å². The highest BCUT2D eigenvalue weighted by atomic mass is 19.1. The van der Waals surface area contributed by atoms with Gasteiger partial charge in [0, 0.05) is 31.9 Å².